The number of nitrogens with one attached hydrogen (secondary N) is 1. The van der Waals surface area contributed by atoms with Crippen molar-refractivity contribution in [3.05, 3.63) is 27.0 Å². The SMILES string of the molecule is Cc1cc(C)c2c(I)[nH]nc2c1. The van der Waals surface area contributed by atoms with Gasteiger partial charge in [-0.15, -0.1) is 0 Å². The van der Waals surface area contributed by atoms with Crippen LogP contribution < -0.4 is 0 Å². The molecule has 0 radical (unpaired) electrons. The Balaban J connectivity index is 2.93. The number of rotatable bonds is 0. The van der Waals surface area contributed by atoms with Crippen molar-refractivity contribution in [1.82, 2.24) is 10.2 Å². The first-order valence-corrected chi connectivity index (χ1v) is 4.87. The predicted octanol–water partition coefficient (Wildman–Crippen LogP) is 2.78. The van der Waals surface area contributed by atoms with E-state index in [1.807, 2.05) is 0 Å². The molecular formula is C9H9IN2. The van der Waals surface area contributed by atoms with Crippen LogP contribution in [0.5, 0.6) is 0 Å². The van der Waals surface area contributed by atoms with Crippen LogP contribution in [-0.4, -0.2) is 10.2 Å². The summed E-state index contributed by atoms with van der Waals surface area (Å²) >= 11 is 2.27. The Bertz CT molecular complexity index is 431. The second-order valence-corrected chi connectivity index (χ2v) is 4.09. The average Bonchev–Trinajstić information content (AvgIpc) is 2.31. The Morgan fingerprint density at radius 3 is 2.83 bits per heavy atom. The molecule has 0 aliphatic rings. The molecule has 0 aliphatic heterocycles. The van der Waals surface area contributed by atoms with Crippen LogP contribution in [0.3, 0.4) is 0 Å². The molecule has 0 unspecified atom stereocenters. The minimum absolute atomic E-state index is 1.07. The molecule has 0 amide bonds. The molecule has 0 atom stereocenters. The summed E-state index contributed by atoms with van der Waals surface area (Å²) < 4.78 is 1.13. The number of hydrogen-bond donors (Lipinski definition) is 1. The van der Waals surface area contributed by atoms with E-state index in [2.05, 4.69) is 58.8 Å². The van der Waals surface area contributed by atoms with Crippen molar-refractivity contribution in [3.63, 3.8) is 0 Å². The second-order valence-electron chi connectivity index (χ2n) is 3.01. The summed E-state index contributed by atoms with van der Waals surface area (Å²) in [6.07, 6.45) is 0. The van der Waals surface area contributed by atoms with E-state index in [4.69, 9.17) is 0 Å². The van der Waals surface area contributed by atoms with Gasteiger partial charge in [-0.2, -0.15) is 5.10 Å². The van der Waals surface area contributed by atoms with Crippen molar-refractivity contribution >= 4 is 33.5 Å². The molecule has 0 saturated heterocycles. The van der Waals surface area contributed by atoms with Gasteiger partial charge in [0, 0.05) is 5.39 Å². The van der Waals surface area contributed by atoms with E-state index in [0.717, 1.165) is 9.22 Å². The fraction of sp³-hybridized carbons (Fsp3) is 0.222. The number of aromatic amines is 1. The average molecular weight is 272 g/mol. The molecule has 0 bridgehead atoms. The van der Waals surface area contributed by atoms with Gasteiger partial charge >= 0.3 is 0 Å². The van der Waals surface area contributed by atoms with Crippen molar-refractivity contribution in [1.29, 1.82) is 0 Å². The van der Waals surface area contributed by atoms with Gasteiger partial charge in [0.05, 0.1) is 5.52 Å². The summed E-state index contributed by atoms with van der Waals surface area (Å²) in [5, 5.41) is 8.44. The first kappa shape index (κ1) is 8.04. The Labute approximate surface area is 84.5 Å². The van der Waals surface area contributed by atoms with Crippen LogP contribution in [0.25, 0.3) is 10.9 Å². The van der Waals surface area contributed by atoms with Crippen molar-refractivity contribution in [3.8, 4) is 0 Å². The molecule has 0 aliphatic carbocycles. The van der Waals surface area contributed by atoms with Gasteiger partial charge in [0.25, 0.3) is 0 Å². The van der Waals surface area contributed by atoms with Crippen LogP contribution in [0.1, 0.15) is 11.1 Å². The molecule has 2 nitrogen and oxygen atoms in total. The molecule has 3 heteroatoms. The monoisotopic (exact) mass is 272 g/mol. The molecule has 1 heterocycles. The summed E-state index contributed by atoms with van der Waals surface area (Å²) in [6, 6.07) is 4.28. The van der Waals surface area contributed by atoms with Gasteiger partial charge < -0.3 is 0 Å². The maximum atomic E-state index is 4.21. The minimum atomic E-state index is 1.07. The summed E-state index contributed by atoms with van der Waals surface area (Å²) in [6.45, 7) is 4.21. The molecule has 1 N–H and O–H groups in total. The van der Waals surface area contributed by atoms with Crippen LogP contribution in [0.2, 0.25) is 0 Å². The minimum Gasteiger partial charge on any atom is -0.271 e. The van der Waals surface area contributed by atoms with Gasteiger partial charge in [-0.3, -0.25) is 5.10 Å². The molecular weight excluding hydrogens is 263 g/mol. The lowest BCUT2D eigenvalue weighted by molar-refractivity contribution is 1.09. The number of aryl methyl sites for hydroxylation is 2. The number of halogens is 1. The van der Waals surface area contributed by atoms with Gasteiger partial charge in [-0.1, -0.05) is 6.07 Å². The maximum Gasteiger partial charge on any atom is 0.104 e. The van der Waals surface area contributed by atoms with Gasteiger partial charge in [0.1, 0.15) is 3.70 Å². The van der Waals surface area contributed by atoms with Crippen molar-refractivity contribution in [2.45, 2.75) is 13.8 Å². The van der Waals surface area contributed by atoms with Gasteiger partial charge in [-0.25, -0.2) is 0 Å². The highest BCUT2D eigenvalue weighted by Crippen LogP contribution is 2.22. The number of benzene rings is 1. The third-order valence-corrected chi connectivity index (χ3v) is 2.73. The topological polar surface area (TPSA) is 28.7 Å². The quantitative estimate of drug-likeness (QED) is 0.734. The summed E-state index contributed by atoms with van der Waals surface area (Å²) in [7, 11) is 0. The zero-order chi connectivity index (χ0) is 8.72. The van der Waals surface area contributed by atoms with Crippen LogP contribution in [0.15, 0.2) is 12.1 Å². The summed E-state index contributed by atoms with van der Waals surface area (Å²) in [5.74, 6) is 0. The van der Waals surface area contributed by atoms with Crippen LogP contribution in [-0.2, 0) is 0 Å². The Kier molecular flexibility index (Phi) is 1.83. The van der Waals surface area contributed by atoms with Crippen LogP contribution >= 0.6 is 22.6 Å². The molecule has 0 spiro atoms. The van der Waals surface area contributed by atoms with Gasteiger partial charge in [0.15, 0.2) is 0 Å². The second kappa shape index (κ2) is 2.73. The lowest BCUT2D eigenvalue weighted by atomic mass is 10.1. The van der Waals surface area contributed by atoms with Crippen LogP contribution in [0.4, 0.5) is 0 Å². The lowest BCUT2D eigenvalue weighted by Crippen LogP contribution is -1.79. The lowest BCUT2D eigenvalue weighted by Gasteiger charge is -1.97. The smallest absolute Gasteiger partial charge is 0.104 e. The number of nitrogens with zero attached hydrogens (tertiary/aromatic N) is 1. The highest BCUT2D eigenvalue weighted by molar-refractivity contribution is 14.1. The van der Waals surface area contributed by atoms with E-state index in [1.165, 1.54) is 16.5 Å². The highest BCUT2D eigenvalue weighted by Gasteiger charge is 2.05. The predicted molar refractivity (Wildman–Crippen MR) is 58.3 cm³/mol. The van der Waals surface area contributed by atoms with E-state index in [0.29, 0.717) is 0 Å². The summed E-state index contributed by atoms with van der Waals surface area (Å²) in [4.78, 5) is 0. The third kappa shape index (κ3) is 1.12. The first-order valence-electron chi connectivity index (χ1n) is 3.79. The number of H-pyrrole nitrogens is 1. The highest BCUT2D eigenvalue weighted by atomic mass is 127. The zero-order valence-corrected chi connectivity index (χ0v) is 9.14. The normalized spacial score (nSPS) is 10.9. The van der Waals surface area contributed by atoms with E-state index in [1.54, 1.807) is 0 Å². The zero-order valence-electron chi connectivity index (χ0n) is 6.98. The van der Waals surface area contributed by atoms with Crippen molar-refractivity contribution in [2.24, 2.45) is 0 Å². The van der Waals surface area contributed by atoms with Gasteiger partial charge in [-0.05, 0) is 53.6 Å². The summed E-state index contributed by atoms with van der Waals surface area (Å²) in [5.41, 5.74) is 3.63. The standard InChI is InChI=1S/C9H9IN2/c1-5-3-6(2)8-7(4-5)11-12-9(8)10/h3-4H,1-2H3,(H,11,12). The molecule has 2 rings (SSSR count). The van der Waals surface area contributed by atoms with Crippen LogP contribution in [0, 0.1) is 17.5 Å². The molecule has 0 saturated carbocycles. The Morgan fingerprint density at radius 2 is 2.08 bits per heavy atom. The molecule has 2 aromatic rings. The van der Waals surface area contributed by atoms with Crippen molar-refractivity contribution < 1.29 is 0 Å². The van der Waals surface area contributed by atoms with E-state index in [9.17, 15) is 0 Å². The third-order valence-electron chi connectivity index (χ3n) is 1.95. The van der Waals surface area contributed by atoms with Gasteiger partial charge in [0.2, 0.25) is 0 Å². The molecule has 0 fully saturated rings. The van der Waals surface area contributed by atoms with E-state index >= 15 is 0 Å². The molecule has 12 heavy (non-hydrogen) atoms. The first-order chi connectivity index (χ1) is 5.68. The fourth-order valence-corrected chi connectivity index (χ4v) is 2.31. The molecule has 62 valence electrons. The Morgan fingerprint density at radius 1 is 1.33 bits per heavy atom. The number of aromatic nitrogens is 2. The molecule has 1 aromatic heterocycles. The van der Waals surface area contributed by atoms with E-state index < -0.39 is 0 Å². The maximum absolute atomic E-state index is 4.21. The Hall–Kier alpha value is -0.580. The number of fused-ring (bicyclic) bond motifs is 1. The number of hydrogen-bond acceptors (Lipinski definition) is 1. The van der Waals surface area contributed by atoms with E-state index in [-0.39, 0.29) is 0 Å². The fourth-order valence-electron chi connectivity index (χ4n) is 1.48. The largest absolute Gasteiger partial charge is 0.271 e. The molecule has 1 aromatic carbocycles. The van der Waals surface area contributed by atoms with Crippen molar-refractivity contribution in [2.75, 3.05) is 0 Å².